The lowest BCUT2D eigenvalue weighted by Crippen LogP contribution is -2.50. The smallest absolute Gasteiger partial charge is 0.162 e. The Morgan fingerprint density at radius 1 is 1.17 bits per heavy atom. The second kappa shape index (κ2) is 9.35. The van der Waals surface area contributed by atoms with Gasteiger partial charge in [-0.1, -0.05) is 12.1 Å². The molecule has 3 saturated heterocycles. The van der Waals surface area contributed by atoms with Crippen LogP contribution < -0.4 is 4.90 Å². The van der Waals surface area contributed by atoms with Gasteiger partial charge in [0.1, 0.15) is 5.60 Å². The zero-order valence-electron chi connectivity index (χ0n) is 19.7. The van der Waals surface area contributed by atoms with Gasteiger partial charge in [0.2, 0.25) is 0 Å². The molecular weight excluding hydrogens is 609 g/mol. The molecular formula is C25H26IN5O3S2. The van der Waals surface area contributed by atoms with Crippen LogP contribution in [0.5, 0.6) is 0 Å². The van der Waals surface area contributed by atoms with Gasteiger partial charge in [0.05, 0.1) is 57.6 Å². The molecule has 1 aliphatic carbocycles. The van der Waals surface area contributed by atoms with Crippen LogP contribution in [0, 0.1) is 5.41 Å². The fourth-order valence-corrected chi connectivity index (χ4v) is 7.82. The van der Waals surface area contributed by atoms with Crippen molar-refractivity contribution in [1.82, 2.24) is 20.2 Å². The van der Waals surface area contributed by atoms with Crippen LogP contribution >= 0.6 is 41.8 Å². The van der Waals surface area contributed by atoms with Crippen LogP contribution in [0.2, 0.25) is 0 Å². The second-order valence-corrected chi connectivity index (χ2v) is 12.5. The monoisotopic (exact) mass is 635 g/mol. The van der Waals surface area contributed by atoms with E-state index in [1.807, 2.05) is 29.7 Å². The highest BCUT2D eigenvalue weighted by molar-refractivity contribution is 14.2. The number of nitrogens with zero attached hydrogens (tertiary/aromatic N) is 4. The summed E-state index contributed by atoms with van der Waals surface area (Å²) >= 11 is 4.01. The number of fused-ring (bicyclic) bond motifs is 5. The van der Waals surface area contributed by atoms with Gasteiger partial charge < -0.3 is 18.6 Å². The third-order valence-electron chi connectivity index (χ3n) is 8.02. The lowest BCUT2D eigenvalue weighted by Gasteiger charge is -2.52. The number of aromatic amines is 1. The Hall–Kier alpha value is -1.51. The highest BCUT2D eigenvalue weighted by atomic mass is 127. The molecule has 2 bridgehead atoms. The van der Waals surface area contributed by atoms with Crippen LogP contribution in [0.4, 0.5) is 5.82 Å². The third kappa shape index (κ3) is 3.93. The van der Waals surface area contributed by atoms with E-state index in [9.17, 15) is 0 Å². The van der Waals surface area contributed by atoms with Gasteiger partial charge in [0.15, 0.2) is 11.6 Å². The van der Waals surface area contributed by atoms with Crippen LogP contribution in [-0.2, 0) is 19.3 Å². The van der Waals surface area contributed by atoms with E-state index in [4.69, 9.17) is 23.6 Å². The number of H-pyrrole nitrogens is 1. The summed E-state index contributed by atoms with van der Waals surface area (Å²) in [6.07, 6.45) is 6.17. The molecule has 4 aliphatic rings. The number of hydrogen-bond donors (Lipinski definition) is 1. The number of anilines is 1. The van der Waals surface area contributed by atoms with Crippen molar-refractivity contribution in [2.45, 2.75) is 31.3 Å². The number of nitrogens with one attached hydrogen (secondary N) is 1. The maximum Gasteiger partial charge on any atom is 0.162 e. The predicted molar refractivity (Wildman–Crippen MR) is 152 cm³/mol. The van der Waals surface area contributed by atoms with E-state index in [0.29, 0.717) is 13.2 Å². The van der Waals surface area contributed by atoms with Crippen LogP contribution in [0.1, 0.15) is 30.6 Å². The summed E-state index contributed by atoms with van der Waals surface area (Å²) in [5.41, 5.74) is 2.91. The topological polar surface area (TPSA) is 85.4 Å². The molecule has 1 aromatic carbocycles. The van der Waals surface area contributed by atoms with E-state index in [0.717, 1.165) is 90.3 Å². The SMILES string of the molecule is ISOCC12CCC(c3cc4nc(-c5cccc6[nH]ncc56)nc(N5CCOCC5)c4s3)(CC1)OC2. The lowest BCUT2D eigenvalue weighted by atomic mass is 9.66. The predicted octanol–water partition coefficient (Wildman–Crippen LogP) is 5.87. The lowest BCUT2D eigenvalue weighted by molar-refractivity contribution is -0.194. The van der Waals surface area contributed by atoms with Crippen LogP contribution in [0.3, 0.4) is 0 Å². The van der Waals surface area contributed by atoms with Crippen molar-refractivity contribution in [2.24, 2.45) is 5.41 Å². The van der Waals surface area contributed by atoms with Gasteiger partial charge in [-0.3, -0.25) is 5.10 Å². The first-order chi connectivity index (χ1) is 17.7. The van der Waals surface area contributed by atoms with Crippen LogP contribution in [0.15, 0.2) is 30.5 Å². The molecule has 36 heavy (non-hydrogen) atoms. The Morgan fingerprint density at radius 3 is 2.81 bits per heavy atom. The average Bonchev–Trinajstić information content (AvgIpc) is 3.61. The molecule has 0 unspecified atom stereocenters. The van der Waals surface area contributed by atoms with Crippen molar-refractivity contribution in [1.29, 1.82) is 0 Å². The normalized spacial score (nSPS) is 26.3. The summed E-state index contributed by atoms with van der Waals surface area (Å²) in [6.45, 7) is 4.60. The first-order valence-electron chi connectivity index (χ1n) is 12.3. The minimum atomic E-state index is -0.225. The van der Waals surface area contributed by atoms with Crippen molar-refractivity contribution in [3.05, 3.63) is 35.3 Å². The van der Waals surface area contributed by atoms with Crippen molar-refractivity contribution in [3.8, 4) is 11.4 Å². The molecule has 1 N–H and O–H groups in total. The van der Waals surface area contributed by atoms with E-state index in [1.165, 1.54) is 14.1 Å². The Kier molecular flexibility index (Phi) is 6.13. The highest BCUT2D eigenvalue weighted by Crippen LogP contribution is 2.56. The average molecular weight is 636 g/mol. The summed E-state index contributed by atoms with van der Waals surface area (Å²) in [5.74, 6) is 1.73. The molecule has 0 spiro atoms. The summed E-state index contributed by atoms with van der Waals surface area (Å²) < 4.78 is 19.2. The number of aromatic nitrogens is 4. The van der Waals surface area contributed by atoms with Gasteiger partial charge in [-0.05, 0) is 37.8 Å². The van der Waals surface area contributed by atoms with Crippen LogP contribution in [-0.4, -0.2) is 59.7 Å². The zero-order chi connectivity index (χ0) is 24.2. The van der Waals surface area contributed by atoms with E-state index < -0.39 is 0 Å². The first kappa shape index (κ1) is 23.6. The minimum absolute atomic E-state index is 0.159. The van der Waals surface area contributed by atoms with E-state index >= 15 is 0 Å². The highest BCUT2D eigenvalue weighted by Gasteiger charge is 2.51. The summed E-state index contributed by atoms with van der Waals surface area (Å²) in [4.78, 5) is 13.9. The standard InChI is InChI=1S/C25H26IN5O3S2/c26-36-34-15-24-4-6-25(7-5-24,33-14-24)20-12-19-21(35-20)23(31-8-10-32-11-9-31)29-22(28-19)16-2-1-3-18-17(16)13-27-30-18/h1-3,12-13H,4-11,14-15H2,(H,27,30). The molecule has 6 heterocycles. The molecule has 11 heteroatoms. The van der Waals surface area contributed by atoms with Gasteiger partial charge in [-0.25, -0.2) is 9.97 Å². The molecule has 8 rings (SSSR count). The number of thiophene rings is 1. The van der Waals surface area contributed by atoms with Crippen molar-refractivity contribution < 1.29 is 13.7 Å². The molecule has 8 nitrogen and oxygen atoms in total. The Labute approximate surface area is 229 Å². The maximum absolute atomic E-state index is 6.65. The molecule has 1 saturated carbocycles. The first-order valence-corrected chi connectivity index (χ1v) is 16.4. The Bertz CT molecular complexity index is 1390. The second-order valence-electron chi connectivity index (χ2n) is 10.0. The number of halogens is 1. The van der Waals surface area contributed by atoms with Crippen molar-refractivity contribution in [2.75, 3.05) is 44.4 Å². The number of benzene rings is 1. The Morgan fingerprint density at radius 2 is 2.03 bits per heavy atom. The van der Waals surface area contributed by atoms with Gasteiger partial charge >= 0.3 is 0 Å². The van der Waals surface area contributed by atoms with Gasteiger partial charge in [-0.15, -0.1) is 11.3 Å². The van der Waals surface area contributed by atoms with Crippen molar-refractivity contribution >= 4 is 68.7 Å². The molecule has 4 fully saturated rings. The van der Waals surface area contributed by atoms with Gasteiger partial charge in [0, 0.05) is 55.5 Å². The van der Waals surface area contributed by atoms with Crippen LogP contribution in [0.25, 0.3) is 32.5 Å². The fourth-order valence-electron chi connectivity index (χ4n) is 5.83. The largest absolute Gasteiger partial charge is 0.378 e. The minimum Gasteiger partial charge on any atom is -0.378 e. The summed E-state index contributed by atoms with van der Waals surface area (Å²) in [5, 5.41) is 8.34. The Balaban J connectivity index is 1.32. The molecule has 0 atom stereocenters. The molecule has 0 radical (unpaired) electrons. The molecule has 4 aromatic rings. The summed E-state index contributed by atoms with van der Waals surface area (Å²) in [7, 11) is 1.42. The van der Waals surface area contributed by atoms with Gasteiger partial charge in [0.25, 0.3) is 0 Å². The third-order valence-corrected chi connectivity index (χ3v) is 10.3. The van der Waals surface area contributed by atoms with Gasteiger partial charge in [-0.2, -0.15) is 5.10 Å². The maximum atomic E-state index is 6.65. The van der Waals surface area contributed by atoms with E-state index in [-0.39, 0.29) is 11.0 Å². The number of hydrogen-bond acceptors (Lipinski definition) is 9. The summed E-state index contributed by atoms with van der Waals surface area (Å²) in [6, 6.07) is 8.40. The zero-order valence-corrected chi connectivity index (χ0v) is 23.5. The number of ether oxygens (including phenoxy) is 2. The molecule has 0 amide bonds. The number of rotatable bonds is 6. The quantitative estimate of drug-likeness (QED) is 0.208. The molecule has 3 aliphatic heterocycles. The van der Waals surface area contributed by atoms with E-state index in [2.05, 4.69) is 48.4 Å². The van der Waals surface area contributed by atoms with E-state index in [1.54, 1.807) is 0 Å². The molecule has 3 aromatic heterocycles. The number of morpholine rings is 1. The van der Waals surface area contributed by atoms with Crippen molar-refractivity contribution in [3.63, 3.8) is 0 Å². The molecule has 188 valence electrons. The fraction of sp³-hybridized carbons (Fsp3) is 0.480.